The molecule has 0 aromatic carbocycles. The summed E-state index contributed by atoms with van der Waals surface area (Å²) in [5.74, 6) is 0.997. The third-order valence-corrected chi connectivity index (χ3v) is 4.37. The van der Waals surface area contributed by atoms with E-state index in [0.717, 1.165) is 12.0 Å². The molecule has 2 aliphatic rings. The summed E-state index contributed by atoms with van der Waals surface area (Å²) in [6.45, 7) is 3.56. The Balaban J connectivity index is 1.61. The van der Waals surface area contributed by atoms with E-state index in [-0.39, 0.29) is 0 Å². The van der Waals surface area contributed by atoms with E-state index in [2.05, 4.69) is 18.3 Å². The van der Waals surface area contributed by atoms with E-state index in [0.29, 0.717) is 0 Å². The van der Waals surface area contributed by atoms with Crippen molar-refractivity contribution < 1.29 is 0 Å². The third kappa shape index (κ3) is 3.62. The van der Waals surface area contributed by atoms with E-state index >= 15 is 0 Å². The molecule has 0 aromatic heterocycles. The van der Waals surface area contributed by atoms with Gasteiger partial charge in [-0.2, -0.15) is 0 Å². The van der Waals surface area contributed by atoms with Gasteiger partial charge in [-0.25, -0.2) is 0 Å². The standard InChI is InChI=1S/C15H27N/c1-2-13-8-5-9-15(12-13)16-11-10-14-6-3-4-7-14/h6,13,15-16H,2-5,7-12H2,1H3. The maximum Gasteiger partial charge on any atom is 0.00698 e. The lowest BCUT2D eigenvalue weighted by Gasteiger charge is -2.29. The minimum Gasteiger partial charge on any atom is -0.314 e. The van der Waals surface area contributed by atoms with Crippen molar-refractivity contribution in [2.45, 2.75) is 70.8 Å². The molecule has 0 amide bonds. The molecule has 0 aliphatic heterocycles. The maximum absolute atomic E-state index is 3.77. The summed E-state index contributed by atoms with van der Waals surface area (Å²) >= 11 is 0. The largest absolute Gasteiger partial charge is 0.314 e. The van der Waals surface area contributed by atoms with Crippen LogP contribution in [0.2, 0.25) is 0 Å². The second-order valence-corrected chi connectivity index (χ2v) is 5.60. The predicted octanol–water partition coefficient (Wildman–Crippen LogP) is 4.05. The molecule has 2 atom stereocenters. The van der Waals surface area contributed by atoms with Gasteiger partial charge in [0.05, 0.1) is 0 Å². The third-order valence-electron chi connectivity index (χ3n) is 4.37. The highest BCUT2D eigenvalue weighted by atomic mass is 14.9. The minimum atomic E-state index is 0.820. The lowest BCUT2D eigenvalue weighted by molar-refractivity contribution is 0.280. The van der Waals surface area contributed by atoms with Crippen molar-refractivity contribution in [2.24, 2.45) is 5.92 Å². The number of nitrogens with one attached hydrogen (secondary N) is 1. The van der Waals surface area contributed by atoms with Gasteiger partial charge in [-0.3, -0.25) is 0 Å². The number of allylic oxidation sites excluding steroid dienone is 1. The van der Waals surface area contributed by atoms with E-state index in [1.165, 1.54) is 64.3 Å². The van der Waals surface area contributed by atoms with Crippen LogP contribution in [0.4, 0.5) is 0 Å². The Bertz CT molecular complexity index is 232. The van der Waals surface area contributed by atoms with Gasteiger partial charge in [0.15, 0.2) is 0 Å². The molecule has 92 valence electrons. The fourth-order valence-electron chi connectivity index (χ4n) is 3.25. The van der Waals surface area contributed by atoms with E-state index in [1.807, 2.05) is 0 Å². The molecule has 2 unspecified atom stereocenters. The van der Waals surface area contributed by atoms with Crippen LogP contribution in [0.5, 0.6) is 0 Å². The van der Waals surface area contributed by atoms with Crippen LogP contribution in [0, 0.1) is 5.92 Å². The van der Waals surface area contributed by atoms with E-state index in [9.17, 15) is 0 Å². The molecular weight excluding hydrogens is 194 g/mol. The molecule has 0 aromatic rings. The fourth-order valence-corrected chi connectivity index (χ4v) is 3.25. The summed E-state index contributed by atoms with van der Waals surface area (Å²) in [6.07, 6.45) is 15.0. The van der Waals surface area contributed by atoms with Crippen LogP contribution in [0.1, 0.15) is 64.7 Å². The lowest BCUT2D eigenvalue weighted by Crippen LogP contribution is -2.34. The van der Waals surface area contributed by atoms with Crippen molar-refractivity contribution in [3.63, 3.8) is 0 Å². The van der Waals surface area contributed by atoms with Crippen LogP contribution in [0.3, 0.4) is 0 Å². The molecule has 16 heavy (non-hydrogen) atoms. The van der Waals surface area contributed by atoms with Crippen molar-refractivity contribution in [1.82, 2.24) is 5.32 Å². The van der Waals surface area contributed by atoms with Crippen molar-refractivity contribution in [3.05, 3.63) is 11.6 Å². The van der Waals surface area contributed by atoms with Crippen LogP contribution >= 0.6 is 0 Å². The maximum atomic E-state index is 3.77. The Kier molecular flexibility index (Phi) is 4.90. The Morgan fingerprint density at radius 1 is 1.31 bits per heavy atom. The quantitative estimate of drug-likeness (QED) is 0.691. The molecule has 0 bridgehead atoms. The molecule has 0 spiro atoms. The molecule has 1 saturated carbocycles. The zero-order valence-electron chi connectivity index (χ0n) is 10.8. The van der Waals surface area contributed by atoms with Gasteiger partial charge in [-0.15, -0.1) is 0 Å². The van der Waals surface area contributed by atoms with E-state index < -0.39 is 0 Å². The summed E-state index contributed by atoms with van der Waals surface area (Å²) in [7, 11) is 0. The highest BCUT2D eigenvalue weighted by molar-refractivity contribution is 5.07. The monoisotopic (exact) mass is 221 g/mol. The Hall–Kier alpha value is -0.300. The topological polar surface area (TPSA) is 12.0 Å². The van der Waals surface area contributed by atoms with Gasteiger partial charge < -0.3 is 5.32 Å². The Labute approximate surface area is 101 Å². The zero-order chi connectivity index (χ0) is 11.2. The van der Waals surface area contributed by atoms with Crippen LogP contribution < -0.4 is 5.32 Å². The SMILES string of the molecule is CCC1CCCC(NCCC2=CCCC2)C1. The fraction of sp³-hybridized carbons (Fsp3) is 0.867. The van der Waals surface area contributed by atoms with Gasteiger partial charge in [-0.1, -0.05) is 37.8 Å². The Morgan fingerprint density at radius 3 is 3.00 bits per heavy atom. The van der Waals surface area contributed by atoms with Crippen molar-refractivity contribution >= 4 is 0 Å². The number of rotatable bonds is 5. The summed E-state index contributed by atoms with van der Waals surface area (Å²) in [6, 6.07) is 0.820. The molecule has 0 radical (unpaired) electrons. The second kappa shape index (κ2) is 6.44. The van der Waals surface area contributed by atoms with Gasteiger partial charge in [0, 0.05) is 6.04 Å². The van der Waals surface area contributed by atoms with E-state index in [4.69, 9.17) is 0 Å². The summed E-state index contributed by atoms with van der Waals surface area (Å²) in [4.78, 5) is 0. The summed E-state index contributed by atoms with van der Waals surface area (Å²) in [5, 5.41) is 3.77. The molecule has 1 N–H and O–H groups in total. The Morgan fingerprint density at radius 2 is 2.25 bits per heavy atom. The van der Waals surface area contributed by atoms with Crippen molar-refractivity contribution in [1.29, 1.82) is 0 Å². The second-order valence-electron chi connectivity index (χ2n) is 5.60. The molecule has 2 aliphatic carbocycles. The lowest BCUT2D eigenvalue weighted by atomic mass is 9.84. The summed E-state index contributed by atoms with van der Waals surface area (Å²) in [5.41, 5.74) is 1.70. The van der Waals surface area contributed by atoms with Crippen LogP contribution in [0.15, 0.2) is 11.6 Å². The van der Waals surface area contributed by atoms with Gasteiger partial charge in [0.1, 0.15) is 0 Å². The van der Waals surface area contributed by atoms with Gasteiger partial charge >= 0.3 is 0 Å². The van der Waals surface area contributed by atoms with E-state index in [1.54, 1.807) is 5.57 Å². The molecule has 1 fully saturated rings. The highest BCUT2D eigenvalue weighted by Crippen LogP contribution is 2.26. The average molecular weight is 221 g/mol. The predicted molar refractivity (Wildman–Crippen MR) is 70.6 cm³/mol. The van der Waals surface area contributed by atoms with Crippen LogP contribution in [-0.4, -0.2) is 12.6 Å². The smallest absolute Gasteiger partial charge is 0.00698 e. The minimum absolute atomic E-state index is 0.820. The molecule has 2 rings (SSSR count). The molecule has 0 heterocycles. The summed E-state index contributed by atoms with van der Waals surface area (Å²) < 4.78 is 0. The number of hydrogen-bond donors (Lipinski definition) is 1. The molecular formula is C15H27N. The van der Waals surface area contributed by atoms with Crippen LogP contribution in [0.25, 0.3) is 0 Å². The number of hydrogen-bond acceptors (Lipinski definition) is 1. The van der Waals surface area contributed by atoms with Crippen LogP contribution in [-0.2, 0) is 0 Å². The molecule has 1 nitrogen and oxygen atoms in total. The first-order valence-electron chi connectivity index (χ1n) is 7.29. The molecule has 1 heteroatoms. The van der Waals surface area contributed by atoms with Gasteiger partial charge in [0.2, 0.25) is 0 Å². The van der Waals surface area contributed by atoms with Gasteiger partial charge in [0.25, 0.3) is 0 Å². The first kappa shape index (κ1) is 12.2. The van der Waals surface area contributed by atoms with Crippen molar-refractivity contribution in [2.75, 3.05) is 6.54 Å². The highest BCUT2D eigenvalue weighted by Gasteiger charge is 2.19. The van der Waals surface area contributed by atoms with Crippen molar-refractivity contribution in [3.8, 4) is 0 Å². The first-order valence-corrected chi connectivity index (χ1v) is 7.29. The zero-order valence-corrected chi connectivity index (χ0v) is 10.8. The molecule has 0 saturated heterocycles. The van der Waals surface area contributed by atoms with Gasteiger partial charge in [-0.05, 0) is 51.0 Å². The average Bonchev–Trinajstić information content (AvgIpc) is 2.82. The normalized spacial score (nSPS) is 30.4. The first-order chi connectivity index (χ1) is 7.88.